The van der Waals surface area contributed by atoms with Crippen LogP contribution in [0.1, 0.15) is 6.92 Å². The Kier molecular flexibility index (Phi) is 3.53. The quantitative estimate of drug-likeness (QED) is 0.773. The highest BCUT2D eigenvalue weighted by Crippen LogP contribution is 2.34. The van der Waals surface area contributed by atoms with E-state index in [-0.39, 0.29) is 0 Å². The Labute approximate surface area is 125 Å². The molecule has 5 nitrogen and oxygen atoms in total. The molecule has 0 saturated heterocycles. The summed E-state index contributed by atoms with van der Waals surface area (Å²) < 4.78 is 0. The topological polar surface area (TPSA) is 75.1 Å². The van der Waals surface area contributed by atoms with Crippen molar-refractivity contribution in [3.8, 4) is 10.4 Å². The third-order valence-corrected chi connectivity index (χ3v) is 4.20. The zero-order chi connectivity index (χ0) is 14.8. The summed E-state index contributed by atoms with van der Waals surface area (Å²) in [6.07, 6.45) is 1.45. The highest BCUT2D eigenvalue weighted by molar-refractivity contribution is 7.21. The monoisotopic (exact) mass is 299 g/mol. The van der Waals surface area contributed by atoms with Crippen molar-refractivity contribution < 1.29 is 9.90 Å². The minimum absolute atomic E-state index is 0.549. The van der Waals surface area contributed by atoms with Crippen molar-refractivity contribution >= 4 is 33.3 Å². The molecule has 0 aliphatic rings. The molecule has 3 rings (SSSR count). The maximum Gasteiger partial charge on any atom is 0.325 e. The first-order valence-electron chi connectivity index (χ1n) is 6.44. The van der Waals surface area contributed by atoms with Crippen LogP contribution in [0.25, 0.3) is 20.7 Å². The van der Waals surface area contributed by atoms with Gasteiger partial charge in [-0.2, -0.15) is 0 Å². The van der Waals surface area contributed by atoms with Crippen LogP contribution in [0.5, 0.6) is 0 Å². The number of anilines is 1. The smallest absolute Gasteiger partial charge is 0.325 e. The first-order valence-corrected chi connectivity index (χ1v) is 7.26. The number of rotatable bonds is 4. The summed E-state index contributed by atoms with van der Waals surface area (Å²) in [5.74, 6) is -0.367. The Morgan fingerprint density at radius 1 is 1.29 bits per heavy atom. The normalized spacial score (nSPS) is 12.2. The van der Waals surface area contributed by atoms with Gasteiger partial charge in [-0.05, 0) is 18.6 Å². The molecule has 1 atom stereocenters. The van der Waals surface area contributed by atoms with Gasteiger partial charge in [0.2, 0.25) is 0 Å². The lowest BCUT2D eigenvalue weighted by molar-refractivity contribution is -0.137. The van der Waals surface area contributed by atoms with Gasteiger partial charge in [-0.15, -0.1) is 11.3 Å². The summed E-state index contributed by atoms with van der Waals surface area (Å²) in [5.41, 5.74) is 1.11. The van der Waals surface area contributed by atoms with E-state index in [9.17, 15) is 4.79 Å². The van der Waals surface area contributed by atoms with Gasteiger partial charge in [-0.25, -0.2) is 9.97 Å². The molecule has 2 heterocycles. The number of thiophene rings is 1. The molecular weight excluding hydrogens is 286 g/mol. The summed E-state index contributed by atoms with van der Waals surface area (Å²) in [7, 11) is 0. The first-order chi connectivity index (χ1) is 10.1. The molecule has 2 N–H and O–H groups in total. The Hall–Kier alpha value is -2.47. The molecule has 106 valence electrons. The van der Waals surface area contributed by atoms with Crippen molar-refractivity contribution in [2.24, 2.45) is 0 Å². The number of aliphatic carboxylic acids is 1. The van der Waals surface area contributed by atoms with Crippen LogP contribution in [0.2, 0.25) is 0 Å². The van der Waals surface area contributed by atoms with E-state index in [1.165, 1.54) is 6.33 Å². The van der Waals surface area contributed by atoms with Crippen LogP contribution in [-0.2, 0) is 4.79 Å². The summed E-state index contributed by atoms with van der Waals surface area (Å²) >= 11 is 1.56. The molecule has 0 bridgehead atoms. The van der Waals surface area contributed by atoms with Crippen LogP contribution >= 0.6 is 11.3 Å². The average Bonchev–Trinajstić information content (AvgIpc) is 2.93. The zero-order valence-electron chi connectivity index (χ0n) is 11.3. The van der Waals surface area contributed by atoms with Crippen LogP contribution in [0, 0.1) is 0 Å². The van der Waals surface area contributed by atoms with Crippen molar-refractivity contribution in [2.45, 2.75) is 13.0 Å². The number of carboxylic acids is 1. The van der Waals surface area contributed by atoms with Crippen molar-refractivity contribution in [1.29, 1.82) is 0 Å². The zero-order valence-corrected chi connectivity index (χ0v) is 12.1. The van der Waals surface area contributed by atoms with Gasteiger partial charge in [0.25, 0.3) is 0 Å². The van der Waals surface area contributed by atoms with Crippen LogP contribution in [0.3, 0.4) is 0 Å². The van der Waals surface area contributed by atoms with E-state index in [0.29, 0.717) is 5.82 Å². The summed E-state index contributed by atoms with van der Waals surface area (Å²) in [4.78, 5) is 21.3. The fourth-order valence-corrected chi connectivity index (χ4v) is 2.99. The highest BCUT2D eigenvalue weighted by Gasteiger charge is 2.15. The van der Waals surface area contributed by atoms with Crippen molar-refractivity contribution in [2.75, 3.05) is 5.32 Å². The van der Waals surface area contributed by atoms with Gasteiger partial charge in [-0.3, -0.25) is 4.79 Å². The third kappa shape index (κ3) is 2.71. The first kappa shape index (κ1) is 13.5. The maximum absolute atomic E-state index is 11.0. The molecule has 3 aromatic rings. The predicted molar refractivity (Wildman–Crippen MR) is 83.6 cm³/mol. The van der Waals surface area contributed by atoms with E-state index >= 15 is 0 Å². The second kappa shape index (κ2) is 5.49. The number of aromatic nitrogens is 2. The SMILES string of the molecule is CC(Nc1ncnc2sc(-c3ccccc3)cc12)C(=O)O. The molecule has 0 fully saturated rings. The minimum atomic E-state index is -0.916. The largest absolute Gasteiger partial charge is 0.480 e. The Morgan fingerprint density at radius 2 is 2.05 bits per heavy atom. The van der Waals surface area contributed by atoms with Gasteiger partial charge in [-0.1, -0.05) is 30.3 Å². The predicted octanol–water partition coefficient (Wildman–Crippen LogP) is 3.24. The van der Waals surface area contributed by atoms with E-state index in [1.807, 2.05) is 36.4 Å². The maximum atomic E-state index is 11.0. The van der Waals surface area contributed by atoms with Crippen LogP contribution in [-0.4, -0.2) is 27.1 Å². The molecule has 0 radical (unpaired) electrons. The number of nitrogens with one attached hydrogen (secondary N) is 1. The number of carboxylic acid groups (broad SMARTS) is 1. The minimum Gasteiger partial charge on any atom is -0.480 e. The molecule has 2 aromatic heterocycles. The number of hydrogen-bond donors (Lipinski definition) is 2. The third-order valence-electron chi connectivity index (χ3n) is 3.11. The number of benzene rings is 1. The van der Waals surface area contributed by atoms with Crippen LogP contribution in [0.4, 0.5) is 5.82 Å². The molecule has 6 heteroatoms. The molecule has 1 unspecified atom stereocenters. The van der Waals surface area contributed by atoms with Crippen LogP contribution in [0.15, 0.2) is 42.7 Å². The average molecular weight is 299 g/mol. The molecule has 0 aliphatic heterocycles. The van der Waals surface area contributed by atoms with Gasteiger partial charge in [0.1, 0.15) is 23.0 Å². The Morgan fingerprint density at radius 3 is 2.76 bits per heavy atom. The standard InChI is InChI=1S/C15H13N3O2S/c1-9(15(19)20)18-13-11-7-12(10-5-3-2-4-6-10)21-14(11)17-8-16-13/h2-9H,1H3,(H,19,20)(H,16,17,18). The van der Waals surface area contributed by atoms with Crippen LogP contribution < -0.4 is 5.32 Å². The fourth-order valence-electron chi connectivity index (χ4n) is 1.98. The molecule has 0 spiro atoms. The lowest BCUT2D eigenvalue weighted by Crippen LogP contribution is -2.25. The summed E-state index contributed by atoms with van der Waals surface area (Å²) in [6, 6.07) is 11.3. The van der Waals surface area contributed by atoms with Gasteiger partial charge in [0.15, 0.2) is 0 Å². The summed E-state index contributed by atoms with van der Waals surface area (Å²) in [5, 5.41) is 12.7. The second-order valence-electron chi connectivity index (χ2n) is 4.62. The van der Waals surface area contributed by atoms with Crippen molar-refractivity contribution in [3.63, 3.8) is 0 Å². The lowest BCUT2D eigenvalue weighted by Gasteiger charge is -2.09. The van der Waals surface area contributed by atoms with E-state index in [2.05, 4.69) is 15.3 Å². The van der Waals surface area contributed by atoms with E-state index in [4.69, 9.17) is 5.11 Å². The Bertz CT molecular complexity index is 786. The van der Waals surface area contributed by atoms with Gasteiger partial charge in [0, 0.05) is 4.88 Å². The molecular formula is C15H13N3O2S. The van der Waals surface area contributed by atoms with E-state index in [0.717, 1.165) is 20.7 Å². The summed E-state index contributed by atoms with van der Waals surface area (Å²) in [6.45, 7) is 1.58. The molecule has 0 saturated carbocycles. The molecule has 0 amide bonds. The van der Waals surface area contributed by atoms with Gasteiger partial charge < -0.3 is 10.4 Å². The van der Waals surface area contributed by atoms with E-state index in [1.54, 1.807) is 18.3 Å². The molecule has 1 aromatic carbocycles. The highest BCUT2D eigenvalue weighted by atomic mass is 32.1. The molecule has 21 heavy (non-hydrogen) atoms. The molecule has 0 aliphatic carbocycles. The number of nitrogens with zero attached hydrogens (tertiary/aromatic N) is 2. The number of hydrogen-bond acceptors (Lipinski definition) is 5. The number of carbonyl (C=O) groups is 1. The fraction of sp³-hybridized carbons (Fsp3) is 0.133. The number of fused-ring (bicyclic) bond motifs is 1. The van der Waals surface area contributed by atoms with Gasteiger partial charge in [0.05, 0.1) is 5.39 Å². The second-order valence-corrected chi connectivity index (χ2v) is 5.65. The van der Waals surface area contributed by atoms with Gasteiger partial charge >= 0.3 is 5.97 Å². The van der Waals surface area contributed by atoms with E-state index < -0.39 is 12.0 Å². The van der Waals surface area contributed by atoms with Crippen molar-refractivity contribution in [1.82, 2.24) is 9.97 Å². The van der Waals surface area contributed by atoms with Crippen molar-refractivity contribution in [3.05, 3.63) is 42.7 Å². The Balaban J connectivity index is 2.04. The lowest BCUT2D eigenvalue weighted by atomic mass is 10.2.